The topological polar surface area (TPSA) is 25.8 Å². The second-order valence-corrected chi connectivity index (χ2v) is 13.2. The van der Waals surface area contributed by atoms with Crippen molar-refractivity contribution in [1.82, 2.24) is 9.97 Å². The van der Waals surface area contributed by atoms with Crippen LogP contribution in [0.4, 0.5) is 0 Å². The molecule has 10 aromatic rings. The molecule has 0 aliphatic carbocycles. The second kappa shape index (κ2) is 7.89. The third-order valence-electron chi connectivity index (χ3n) is 8.94. The summed E-state index contributed by atoms with van der Waals surface area (Å²) in [6.07, 6.45) is 7.63. The number of hydrogen-bond acceptors (Lipinski definition) is 2. The zero-order valence-corrected chi connectivity index (χ0v) is 23.6. The maximum atomic E-state index is 4.32. The van der Waals surface area contributed by atoms with E-state index in [1.165, 1.54) is 95.8 Å². The van der Waals surface area contributed by atoms with Crippen LogP contribution in [-0.4, -0.2) is 24.5 Å². The predicted octanol–water partition coefficient (Wildman–Crippen LogP) is 9.77. The van der Waals surface area contributed by atoms with Crippen molar-refractivity contribution < 1.29 is 0 Å². The molecular formula is C38H20N2Se. The molecule has 10 rings (SSSR count). The molecule has 0 atom stereocenters. The van der Waals surface area contributed by atoms with E-state index in [2.05, 4.69) is 107 Å². The summed E-state index contributed by atoms with van der Waals surface area (Å²) in [5.74, 6) is 0. The van der Waals surface area contributed by atoms with Gasteiger partial charge in [0.25, 0.3) is 0 Å². The van der Waals surface area contributed by atoms with Crippen LogP contribution >= 0.6 is 0 Å². The molecule has 0 unspecified atom stereocenters. The van der Waals surface area contributed by atoms with E-state index >= 15 is 0 Å². The van der Waals surface area contributed by atoms with Crippen molar-refractivity contribution in [2.24, 2.45) is 0 Å². The number of aromatic nitrogens is 2. The number of benzene rings is 6. The van der Waals surface area contributed by atoms with E-state index in [0.29, 0.717) is 0 Å². The molecule has 3 aromatic heterocycles. The van der Waals surface area contributed by atoms with Gasteiger partial charge in [-0.05, 0) is 0 Å². The van der Waals surface area contributed by atoms with E-state index in [9.17, 15) is 0 Å². The summed E-state index contributed by atoms with van der Waals surface area (Å²) in [7, 11) is 0. The molecule has 41 heavy (non-hydrogen) atoms. The SMILES string of the molecule is c1ccc(-c2cc3c4cc(-c5ccncc5)c5ccc6ccc7c(-c8ccncc8)cc(c3[se]2)c2c7c6c5c42)cc1. The fraction of sp³-hybridized carbons (Fsp3) is 0. The van der Waals surface area contributed by atoms with Gasteiger partial charge in [0.05, 0.1) is 0 Å². The Labute approximate surface area is 241 Å². The third kappa shape index (κ3) is 2.82. The normalized spacial score (nSPS) is 12.4. The standard InChI is InChI=1S/C38H20N2Se/c1-2-4-23(5-3-1)32-20-30-29-18-27(21-10-14-39-15-11-21)25-8-6-24-7-9-26-28(22-12-16-40-17-13-22)19-31(38(30)41-32)37-35(26)33(24)34(25)36(29)37/h1-20H. The average molecular weight is 584 g/mol. The van der Waals surface area contributed by atoms with Gasteiger partial charge >= 0.3 is 242 Å². The third-order valence-corrected chi connectivity index (χ3v) is 11.5. The molecule has 0 spiro atoms. The van der Waals surface area contributed by atoms with Crippen LogP contribution in [0.15, 0.2) is 122 Å². The number of pyridine rings is 2. The average Bonchev–Trinajstić information content (AvgIpc) is 3.65. The summed E-state index contributed by atoms with van der Waals surface area (Å²) in [6.45, 7) is 0. The summed E-state index contributed by atoms with van der Waals surface area (Å²) in [5, 5.41) is 15.2. The maximum absolute atomic E-state index is 4.32. The van der Waals surface area contributed by atoms with Gasteiger partial charge < -0.3 is 0 Å². The molecule has 0 bridgehead atoms. The molecule has 0 radical (unpaired) electrons. The van der Waals surface area contributed by atoms with Gasteiger partial charge in [0, 0.05) is 0 Å². The van der Waals surface area contributed by atoms with Crippen LogP contribution < -0.4 is 0 Å². The minimum absolute atomic E-state index is 0.197. The van der Waals surface area contributed by atoms with Crippen LogP contribution in [0.25, 0.3) is 95.8 Å². The van der Waals surface area contributed by atoms with E-state index in [0.717, 1.165) is 0 Å². The van der Waals surface area contributed by atoms with Crippen LogP contribution in [-0.2, 0) is 0 Å². The van der Waals surface area contributed by atoms with E-state index in [1.54, 1.807) is 0 Å². The van der Waals surface area contributed by atoms with E-state index in [1.807, 2.05) is 24.8 Å². The van der Waals surface area contributed by atoms with Crippen molar-refractivity contribution in [2.45, 2.75) is 0 Å². The Morgan fingerprint density at radius 3 is 1.61 bits per heavy atom. The zero-order valence-electron chi connectivity index (χ0n) is 21.8. The molecule has 0 aliphatic rings. The Bertz CT molecular complexity index is 2390. The number of hydrogen-bond donors (Lipinski definition) is 0. The molecule has 3 heterocycles. The number of rotatable bonds is 3. The predicted molar refractivity (Wildman–Crippen MR) is 174 cm³/mol. The summed E-state index contributed by atoms with van der Waals surface area (Å²) >= 11 is 0.197. The van der Waals surface area contributed by atoms with E-state index in [-0.39, 0.29) is 14.5 Å². The van der Waals surface area contributed by atoms with Crippen molar-refractivity contribution >= 4 is 78.0 Å². The van der Waals surface area contributed by atoms with Gasteiger partial charge in [-0.2, -0.15) is 0 Å². The van der Waals surface area contributed by atoms with Crippen molar-refractivity contribution in [1.29, 1.82) is 0 Å². The van der Waals surface area contributed by atoms with Crippen molar-refractivity contribution in [3.8, 4) is 32.3 Å². The van der Waals surface area contributed by atoms with Gasteiger partial charge in [-0.3, -0.25) is 0 Å². The quantitative estimate of drug-likeness (QED) is 0.153. The monoisotopic (exact) mass is 584 g/mol. The van der Waals surface area contributed by atoms with Crippen molar-refractivity contribution in [3.05, 3.63) is 122 Å². The molecule has 0 aliphatic heterocycles. The van der Waals surface area contributed by atoms with Gasteiger partial charge in [-0.15, -0.1) is 0 Å². The molecule has 3 heteroatoms. The van der Waals surface area contributed by atoms with Gasteiger partial charge in [-0.1, -0.05) is 0 Å². The zero-order chi connectivity index (χ0) is 26.7. The fourth-order valence-electron chi connectivity index (χ4n) is 7.23. The minimum atomic E-state index is 0.197. The molecule has 0 saturated heterocycles. The first-order chi connectivity index (χ1) is 20.3. The van der Waals surface area contributed by atoms with Gasteiger partial charge in [-0.25, -0.2) is 0 Å². The van der Waals surface area contributed by atoms with E-state index < -0.39 is 0 Å². The molecule has 188 valence electrons. The summed E-state index contributed by atoms with van der Waals surface area (Å²) in [4.78, 5) is 8.65. The first-order valence-corrected chi connectivity index (χ1v) is 15.6. The van der Waals surface area contributed by atoms with E-state index in [4.69, 9.17) is 0 Å². The fourth-order valence-corrected chi connectivity index (χ4v) is 9.75. The van der Waals surface area contributed by atoms with Crippen LogP contribution in [0.5, 0.6) is 0 Å². The van der Waals surface area contributed by atoms with Gasteiger partial charge in [0.1, 0.15) is 0 Å². The molecule has 0 amide bonds. The molecule has 7 aromatic carbocycles. The van der Waals surface area contributed by atoms with Crippen LogP contribution in [0.2, 0.25) is 0 Å². The summed E-state index contributed by atoms with van der Waals surface area (Å²) < 4.78 is 2.95. The Kier molecular flexibility index (Phi) is 4.22. The van der Waals surface area contributed by atoms with Crippen LogP contribution in [0.1, 0.15) is 0 Å². The van der Waals surface area contributed by atoms with Gasteiger partial charge in [0.15, 0.2) is 0 Å². The molecule has 2 nitrogen and oxygen atoms in total. The van der Waals surface area contributed by atoms with Crippen LogP contribution in [0, 0.1) is 0 Å². The Morgan fingerprint density at radius 2 is 0.976 bits per heavy atom. The first kappa shape index (κ1) is 21.9. The second-order valence-electron chi connectivity index (χ2n) is 11.0. The summed E-state index contributed by atoms with van der Waals surface area (Å²) in [6, 6.07) is 36.3. The Hall–Kier alpha value is -4.82. The number of nitrogens with zero attached hydrogens (tertiary/aromatic N) is 2. The van der Waals surface area contributed by atoms with Crippen molar-refractivity contribution in [3.63, 3.8) is 0 Å². The van der Waals surface area contributed by atoms with Gasteiger partial charge in [0.2, 0.25) is 0 Å². The van der Waals surface area contributed by atoms with Crippen molar-refractivity contribution in [2.75, 3.05) is 0 Å². The molecule has 0 saturated carbocycles. The summed E-state index contributed by atoms with van der Waals surface area (Å²) in [5.41, 5.74) is 6.34. The molecular weight excluding hydrogens is 563 g/mol. The number of fused-ring (bicyclic) bond motifs is 3. The van der Waals surface area contributed by atoms with Crippen LogP contribution in [0.3, 0.4) is 0 Å². The molecule has 0 fully saturated rings. The Morgan fingerprint density at radius 1 is 0.415 bits per heavy atom. The Balaban J connectivity index is 1.50. The molecule has 0 N–H and O–H groups in total. The first-order valence-electron chi connectivity index (χ1n) is 13.9.